The van der Waals surface area contributed by atoms with E-state index in [9.17, 15) is 14.4 Å². The van der Waals surface area contributed by atoms with Crippen LogP contribution in [0.1, 0.15) is 39.5 Å². The van der Waals surface area contributed by atoms with Gasteiger partial charge in [0.2, 0.25) is 5.78 Å². The third-order valence-corrected chi connectivity index (χ3v) is 5.76. The van der Waals surface area contributed by atoms with Gasteiger partial charge in [-0.25, -0.2) is 0 Å². The zero-order chi connectivity index (χ0) is 21.8. The quantitative estimate of drug-likeness (QED) is 0.335. The lowest BCUT2D eigenvalue weighted by Gasteiger charge is -2.27. The Kier molecular flexibility index (Phi) is 6.03. The van der Waals surface area contributed by atoms with Crippen molar-refractivity contribution >= 4 is 17.5 Å². The van der Waals surface area contributed by atoms with Crippen LogP contribution in [0.2, 0.25) is 0 Å². The number of pyridine rings is 1. The van der Waals surface area contributed by atoms with Crippen LogP contribution in [0.5, 0.6) is 0 Å². The fourth-order valence-corrected chi connectivity index (χ4v) is 4.15. The molecule has 2 aromatic carbocycles. The maximum absolute atomic E-state index is 13.3. The number of carbonyl (C=O) groups is 3. The summed E-state index contributed by atoms with van der Waals surface area (Å²) in [4.78, 5) is 44.8. The second-order valence-corrected chi connectivity index (χ2v) is 7.89. The van der Waals surface area contributed by atoms with E-state index in [0.29, 0.717) is 18.5 Å². The van der Waals surface area contributed by atoms with Gasteiger partial charge >= 0.3 is 0 Å². The fourth-order valence-electron chi connectivity index (χ4n) is 4.15. The van der Waals surface area contributed by atoms with Gasteiger partial charge in [0.05, 0.1) is 6.04 Å². The van der Waals surface area contributed by atoms with Crippen molar-refractivity contribution in [1.29, 1.82) is 0 Å². The molecule has 5 nitrogen and oxygen atoms in total. The van der Waals surface area contributed by atoms with Crippen molar-refractivity contribution in [3.8, 4) is 0 Å². The SMILES string of the molecule is Cc1ccc(C2C(C(=O)c3cccnc3)C(=O)C(=O)N2CCCc2ccccc2)cc1. The molecule has 1 aromatic heterocycles. The Bertz CT molecular complexity index is 1080. The molecule has 5 heteroatoms. The van der Waals surface area contributed by atoms with Gasteiger partial charge in [0.15, 0.2) is 5.78 Å². The Morgan fingerprint density at radius 1 is 0.968 bits per heavy atom. The normalized spacial score (nSPS) is 18.4. The molecule has 0 aliphatic carbocycles. The number of nitrogens with zero attached hydrogens (tertiary/aromatic N) is 2. The first kappa shape index (κ1) is 20.7. The van der Waals surface area contributed by atoms with Gasteiger partial charge in [-0.15, -0.1) is 0 Å². The van der Waals surface area contributed by atoms with E-state index in [-0.39, 0.29) is 5.78 Å². The minimum Gasteiger partial charge on any atom is -0.328 e. The number of aromatic nitrogens is 1. The van der Waals surface area contributed by atoms with Crippen molar-refractivity contribution in [2.45, 2.75) is 25.8 Å². The molecular weight excluding hydrogens is 388 g/mol. The topological polar surface area (TPSA) is 67.3 Å². The third-order valence-electron chi connectivity index (χ3n) is 5.76. The summed E-state index contributed by atoms with van der Waals surface area (Å²) in [5, 5.41) is 0. The van der Waals surface area contributed by atoms with Gasteiger partial charge in [-0.05, 0) is 43.0 Å². The van der Waals surface area contributed by atoms with Gasteiger partial charge in [0.1, 0.15) is 5.92 Å². The monoisotopic (exact) mass is 412 g/mol. The minimum atomic E-state index is -1.06. The van der Waals surface area contributed by atoms with Crippen molar-refractivity contribution in [1.82, 2.24) is 9.88 Å². The average molecular weight is 412 g/mol. The number of amides is 1. The summed E-state index contributed by atoms with van der Waals surface area (Å²) in [6.07, 6.45) is 4.52. The Morgan fingerprint density at radius 2 is 1.71 bits per heavy atom. The minimum absolute atomic E-state index is 0.344. The van der Waals surface area contributed by atoms with E-state index >= 15 is 0 Å². The van der Waals surface area contributed by atoms with E-state index in [0.717, 1.165) is 17.5 Å². The van der Waals surface area contributed by atoms with Gasteiger partial charge in [-0.2, -0.15) is 0 Å². The highest BCUT2D eigenvalue weighted by atomic mass is 16.2. The third kappa shape index (κ3) is 4.31. The Labute approximate surface area is 181 Å². The summed E-state index contributed by atoms with van der Waals surface area (Å²) >= 11 is 0. The maximum atomic E-state index is 13.3. The summed E-state index contributed by atoms with van der Waals surface area (Å²) < 4.78 is 0. The summed E-state index contributed by atoms with van der Waals surface area (Å²) in [6, 6.07) is 20.4. The smallest absolute Gasteiger partial charge is 0.291 e. The number of hydrogen-bond acceptors (Lipinski definition) is 4. The molecule has 0 bridgehead atoms. The van der Waals surface area contributed by atoms with Gasteiger partial charge in [0, 0.05) is 24.5 Å². The molecule has 0 radical (unpaired) electrons. The van der Waals surface area contributed by atoms with E-state index in [1.54, 1.807) is 23.2 Å². The average Bonchev–Trinajstić information content (AvgIpc) is 3.05. The maximum Gasteiger partial charge on any atom is 0.291 e. The molecule has 1 aliphatic heterocycles. The first-order valence-electron chi connectivity index (χ1n) is 10.5. The van der Waals surface area contributed by atoms with Crippen LogP contribution < -0.4 is 0 Å². The summed E-state index contributed by atoms with van der Waals surface area (Å²) in [6.45, 7) is 2.39. The van der Waals surface area contributed by atoms with Gasteiger partial charge in [0.25, 0.3) is 5.91 Å². The zero-order valence-corrected chi connectivity index (χ0v) is 17.4. The van der Waals surface area contributed by atoms with Crippen LogP contribution in [-0.2, 0) is 16.0 Å². The summed E-state index contributed by atoms with van der Waals surface area (Å²) in [7, 11) is 0. The van der Waals surface area contributed by atoms with E-state index in [1.807, 2.05) is 61.5 Å². The van der Waals surface area contributed by atoms with E-state index in [4.69, 9.17) is 0 Å². The van der Waals surface area contributed by atoms with E-state index < -0.39 is 23.7 Å². The molecule has 2 unspecified atom stereocenters. The molecular formula is C26H24N2O3. The number of ketones is 2. The van der Waals surface area contributed by atoms with Crippen molar-refractivity contribution in [2.24, 2.45) is 5.92 Å². The summed E-state index contributed by atoms with van der Waals surface area (Å²) in [5.41, 5.74) is 3.39. The van der Waals surface area contributed by atoms with Crippen LogP contribution in [-0.4, -0.2) is 33.9 Å². The zero-order valence-electron chi connectivity index (χ0n) is 17.4. The highest BCUT2D eigenvalue weighted by molar-refractivity contribution is 6.44. The molecule has 156 valence electrons. The van der Waals surface area contributed by atoms with Crippen LogP contribution in [0.3, 0.4) is 0 Å². The number of rotatable bonds is 7. The van der Waals surface area contributed by atoms with Crippen molar-refractivity contribution in [3.05, 3.63) is 101 Å². The Hall–Kier alpha value is -3.60. The molecule has 0 spiro atoms. The number of aryl methyl sites for hydroxylation is 2. The molecule has 1 aliphatic rings. The van der Waals surface area contributed by atoms with Crippen LogP contribution in [0.15, 0.2) is 79.1 Å². The lowest BCUT2D eigenvalue weighted by Crippen LogP contribution is -2.32. The standard InChI is InChI=1S/C26H24N2O3/c1-18-11-13-20(14-12-18)23-22(24(29)21-10-5-15-27-17-21)25(30)26(31)28(23)16-6-9-19-7-3-2-4-8-19/h2-5,7-8,10-15,17,22-23H,6,9,16H2,1H3. The van der Waals surface area contributed by atoms with Crippen LogP contribution >= 0.6 is 0 Å². The molecule has 1 fully saturated rings. The second-order valence-electron chi connectivity index (χ2n) is 7.89. The Morgan fingerprint density at radius 3 is 2.39 bits per heavy atom. The van der Waals surface area contributed by atoms with Crippen LogP contribution in [0, 0.1) is 12.8 Å². The van der Waals surface area contributed by atoms with Gasteiger partial charge in [-0.1, -0.05) is 60.2 Å². The molecule has 1 saturated heterocycles. The highest BCUT2D eigenvalue weighted by Gasteiger charge is 2.51. The largest absolute Gasteiger partial charge is 0.328 e. The number of benzene rings is 2. The number of hydrogen-bond donors (Lipinski definition) is 0. The number of likely N-dealkylation sites (tertiary alicyclic amines) is 1. The Balaban J connectivity index is 1.64. The first-order valence-corrected chi connectivity index (χ1v) is 10.5. The summed E-state index contributed by atoms with van der Waals surface area (Å²) in [5.74, 6) is -2.64. The lowest BCUT2D eigenvalue weighted by molar-refractivity contribution is -0.140. The van der Waals surface area contributed by atoms with Crippen LogP contribution in [0.4, 0.5) is 0 Å². The van der Waals surface area contributed by atoms with Gasteiger partial charge in [-0.3, -0.25) is 19.4 Å². The highest BCUT2D eigenvalue weighted by Crippen LogP contribution is 2.38. The van der Waals surface area contributed by atoms with Crippen molar-refractivity contribution in [3.63, 3.8) is 0 Å². The van der Waals surface area contributed by atoms with Crippen molar-refractivity contribution < 1.29 is 14.4 Å². The molecule has 4 rings (SSSR count). The van der Waals surface area contributed by atoms with E-state index in [1.165, 1.54) is 11.8 Å². The molecule has 31 heavy (non-hydrogen) atoms. The second kappa shape index (κ2) is 9.04. The first-order chi connectivity index (χ1) is 15.1. The molecule has 0 saturated carbocycles. The van der Waals surface area contributed by atoms with E-state index in [2.05, 4.69) is 4.98 Å². The van der Waals surface area contributed by atoms with Crippen molar-refractivity contribution in [2.75, 3.05) is 6.54 Å². The predicted molar refractivity (Wildman–Crippen MR) is 117 cm³/mol. The number of carbonyl (C=O) groups excluding carboxylic acids is 3. The van der Waals surface area contributed by atoms with Gasteiger partial charge < -0.3 is 4.90 Å². The molecule has 2 heterocycles. The molecule has 3 aromatic rings. The van der Waals surface area contributed by atoms with Crippen LogP contribution in [0.25, 0.3) is 0 Å². The fraction of sp³-hybridized carbons (Fsp3) is 0.231. The number of Topliss-reactive ketones (excluding diaryl/α,β-unsaturated/α-hetero) is 2. The lowest BCUT2D eigenvalue weighted by atomic mass is 9.86. The molecule has 2 atom stereocenters. The molecule has 0 N–H and O–H groups in total. The predicted octanol–water partition coefficient (Wildman–Crippen LogP) is 3.97. The molecule has 1 amide bonds.